The minimum atomic E-state index is 0.351. The van der Waals surface area contributed by atoms with Gasteiger partial charge in [-0.1, -0.05) is 243 Å². The van der Waals surface area contributed by atoms with Gasteiger partial charge in [-0.2, -0.15) is 10.5 Å². The predicted octanol–water partition coefficient (Wildman–Crippen LogP) is 23.0. The van der Waals surface area contributed by atoms with Crippen molar-refractivity contribution < 1.29 is 0 Å². The fourth-order valence-electron chi connectivity index (χ4n) is 16.9. The number of hydrogen-bond acceptors (Lipinski definition) is 2. The van der Waals surface area contributed by atoms with E-state index < -0.39 is 0 Å². The number of rotatable bonds is 4. The maximum atomic E-state index is 13.3. The van der Waals surface area contributed by atoms with Crippen LogP contribution in [0.5, 0.6) is 0 Å². The highest BCUT2D eigenvalue weighted by Gasteiger charge is 2.36. The minimum Gasteiger partial charge on any atom is -0.306 e. The van der Waals surface area contributed by atoms with E-state index in [1.165, 1.54) is 0 Å². The Bertz CT molecular complexity index is 6530. The van der Waals surface area contributed by atoms with Crippen molar-refractivity contribution in [3.8, 4) is 34.9 Å². The quantitative estimate of drug-likeness (QED) is 0.176. The second-order valence-electron chi connectivity index (χ2n) is 25.2. The molecule has 0 spiro atoms. The lowest BCUT2D eigenvalue weighted by molar-refractivity contribution is 1.02. The fourth-order valence-corrected chi connectivity index (χ4v) is 16.9. The zero-order valence-electron chi connectivity index (χ0n) is 50.4. The Labute approximate surface area is 536 Å². The van der Waals surface area contributed by atoms with E-state index in [9.17, 15) is 10.5 Å². The van der Waals surface area contributed by atoms with E-state index in [1.54, 1.807) is 0 Å². The van der Waals surface area contributed by atoms with E-state index in [0.717, 1.165) is 173 Å². The van der Waals surface area contributed by atoms with Crippen LogP contribution in [-0.2, 0) is 0 Å². The molecule has 0 radical (unpaired) electrons. The Morgan fingerprint density at radius 2 is 0.330 bits per heavy atom. The summed E-state index contributed by atoms with van der Waals surface area (Å²) in [5.41, 5.74) is 10.5. The van der Waals surface area contributed by atoms with Crippen molar-refractivity contribution in [2.75, 3.05) is 0 Å². The van der Waals surface area contributed by atoms with Gasteiger partial charge < -0.3 is 18.3 Å². The van der Waals surface area contributed by atoms with Gasteiger partial charge in [-0.25, -0.2) is 0 Å². The first kappa shape index (κ1) is 50.8. The third-order valence-corrected chi connectivity index (χ3v) is 20.7. The van der Waals surface area contributed by atoms with Crippen molar-refractivity contribution in [2.45, 2.75) is 0 Å². The Morgan fingerprint density at radius 1 is 0.170 bits per heavy atom. The van der Waals surface area contributed by atoms with Gasteiger partial charge in [-0.3, -0.25) is 0 Å². The van der Waals surface area contributed by atoms with Gasteiger partial charge in [0.15, 0.2) is 0 Å². The number of hydrogen-bond donors (Lipinski definition) is 0. The van der Waals surface area contributed by atoms with Crippen LogP contribution in [-0.4, -0.2) is 18.3 Å². The predicted molar refractivity (Wildman–Crippen MR) is 393 cm³/mol. The smallest absolute Gasteiger partial charge is 0.104 e. The maximum absolute atomic E-state index is 13.3. The lowest BCUT2D eigenvalue weighted by Gasteiger charge is -2.27. The van der Waals surface area contributed by atoms with Gasteiger partial charge in [0, 0.05) is 43.1 Å². The second kappa shape index (κ2) is 18.8. The molecule has 0 bridgehead atoms. The van der Waals surface area contributed by atoms with Crippen molar-refractivity contribution in [2.24, 2.45) is 0 Å². The minimum absolute atomic E-state index is 0.351. The van der Waals surface area contributed by atoms with Crippen LogP contribution in [0.15, 0.2) is 291 Å². The average Bonchev–Trinajstić information content (AvgIpc) is 1.49. The van der Waals surface area contributed by atoms with Gasteiger partial charge in [-0.15, -0.1) is 0 Å². The molecule has 0 N–H and O–H groups in total. The van der Waals surface area contributed by atoms with Crippen molar-refractivity contribution in [1.82, 2.24) is 18.3 Å². The molecule has 430 valence electrons. The largest absolute Gasteiger partial charge is 0.306 e. The lowest BCUT2D eigenvalue weighted by Crippen LogP contribution is -2.17. The number of aromatic nitrogens is 4. The Morgan fingerprint density at radius 3 is 0.511 bits per heavy atom. The van der Waals surface area contributed by atoms with E-state index in [2.05, 4.69) is 322 Å². The highest BCUT2D eigenvalue weighted by molar-refractivity contribution is 6.34. The second-order valence-corrected chi connectivity index (χ2v) is 25.2. The first-order valence-corrected chi connectivity index (χ1v) is 32.0. The first-order valence-electron chi connectivity index (χ1n) is 32.0. The zero-order chi connectivity index (χ0) is 61.6. The molecule has 17 aromatic carbocycles. The van der Waals surface area contributed by atoms with Crippen molar-refractivity contribution in [1.29, 1.82) is 10.5 Å². The van der Waals surface area contributed by atoms with Crippen LogP contribution < -0.4 is 0 Å². The van der Waals surface area contributed by atoms with E-state index in [-0.39, 0.29) is 0 Å². The van der Waals surface area contributed by atoms with Crippen LogP contribution in [0.4, 0.5) is 0 Å². The Hall–Kier alpha value is -13.0. The molecule has 0 fully saturated rings. The van der Waals surface area contributed by atoms with E-state index in [4.69, 9.17) is 0 Å². The summed E-state index contributed by atoms with van der Waals surface area (Å²) in [6.07, 6.45) is 0. The molecule has 0 aliphatic heterocycles. The summed E-state index contributed by atoms with van der Waals surface area (Å²) in [5, 5.41) is 52.9. The molecule has 21 rings (SSSR count). The summed E-state index contributed by atoms with van der Waals surface area (Å²) in [6.45, 7) is 0. The summed E-state index contributed by atoms with van der Waals surface area (Å²) in [5.74, 6) is 0. The lowest BCUT2D eigenvalue weighted by atomic mass is 9.98. The van der Waals surface area contributed by atoms with Gasteiger partial charge in [0.25, 0.3) is 0 Å². The number of nitriles is 2. The monoisotopic (exact) mass is 1190 g/mol. The molecule has 0 aliphatic rings. The summed E-state index contributed by atoms with van der Waals surface area (Å²) in [6, 6.07) is 111. The molecule has 0 saturated heterocycles. The van der Waals surface area contributed by atoms with Crippen LogP contribution in [0.3, 0.4) is 0 Å². The standard InChI is InChI=1S/C88H48N6/c89-49-67-85(91-69-41-33-51-17-1-9-25-59(51)77(69)78-60-26-10-2-18-52(60)34-42-70(78)91)68(50-90)87(93-73-45-37-55-21-5-13-29-63(55)81(73)82-64-30-14-6-22-56(64)38-46-74(82)93)88(94-75-47-39-57-23-7-15-31-65(57)83(75)84-66-32-16-8-24-58(66)40-48-76(84)94)86(67)92-71-43-35-53-19-3-11-27-61(53)79(71)80-62-28-12-4-20-54(62)36-44-72(80)92/h1-48H. The summed E-state index contributed by atoms with van der Waals surface area (Å²) in [7, 11) is 0. The molecule has 0 aliphatic carbocycles. The average molecular weight is 1190 g/mol. The zero-order valence-corrected chi connectivity index (χ0v) is 50.4. The van der Waals surface area contributed by atoms with Crippen LogP contribution >= 0.6 is 0 Å². The van der Waals surface area contributed by atoms with Gasteiger partial charge in [-0.05, 0) is 135 Å². The molecular weight excluding hydrogens is 1140 g/mol. The van der Waals surface area contributed by atoms with Crippen molar-refractivity contribution >= 4 is 173 Å². The van der Waals surface area contributed by atoms with Crippen LogP contribution in [0.2, 0.25) is 0 Å². The molecule has 94 heavy (non-hydrogen) atoms. The first-order chi connectivity index (χ1) is 46.6. The summed E-state index contributed by atoms with van der Waals surface area (Å²) < 4.78 is 9.53. The molecule has 0 saturated carbocycles. The van der Waals surface area contributed by atoms with E-state index in [0.29, 0.717) is 33.9 Å². The third-order valence-electron chi connectivity index (χ3n) is 20.7. The molecule has 0 atom stereocenters. The highest BCUT2D eigenvalue weighted by Crippen LogP contribution is 2.53. The maximum Gasteiger partial charge on any atom is 0.104 e. The van der Waals surface area contributed by atoms with Crippen LogP contribution in [0.1, 0.15) is 11.1 Å². The van der Waals surface area contributed by atoms with Gasteiger partial charge in [0.2, 0.25) is 0 Å². The molecule has 0 unspecified atom stereocenters. The van der Waals surface area contributed by atoms with Gasteiger partial charge >= 0.3 is 0 Å². The SMILES string of the molecule is N#Cc1c(-n2c3ccc4ccccc4c3c3c4ccccc4ccc32)c(C#N)c(-n2c3ccc4ccccc4c3c3c4ccccc4ccc32)c(-n2c3ccc4ccccc4c3c3c4ccccc4ccc32)c1-n1c2ccc3ccccc3c2c2c3ccccc3ccc21. The van der Waals surface area contributed by atoms with Crippen molar-refractivity contribution in [3.63, 3.8) is 0 Å². The van der Waals surface area contributed by atoms with Crippen LogP contribution in [0, 0.1) is 22.7 Å². The van der Waals surface area contributed by atoms with Crippen LogP contribution in [0.25, 0.3) is 196 Å². The highest BCUT2D eigenvalue weighted by atomic mass is 15.1. The number of nitrogens with zero attached hydrogens (tertiary/aromatic N) is 6. The summed E-state index contributed by atoms with van der Waals surface area (Å²) in [4.78, 5) is 0. The van der Waals surface area contributed by atoms with Gasteiger partial charge in [0.05, 0.1) is 66.9 Å². The molecule has 4 heterocycles. The molecule has 21 aromatic rings. The van der Waals surface area contributed by atoms with E-state index in [1.807, 2.05) is 0 Å². The molecular formula is C88H48N6. The molecule has 6 heteroatoms. The summed E-state index contributed by atoms with van der Waals surface area (Å²) >= 11 is 0. The third kappa shape index (κ3) is 6.54. The molecule has 0 amide bonds. The molecule has 6 nitrogen and oxygen atoms in total. The number of fused-ring (bicyclic) bond motifs is 28. The fraction of sp³-hybridized carbons (Fsp3) is 0. The van der Waals surface area contributed by atoms with Crippen molar-refractivity contribution in [3.05, 3.63) is 302 Å². The van der Waals surface area contributed by atoms with Gasteiger partial charge in [0.1, 0.15) is 23.3 Å². The Kier molecular flexibility index (Phi) is 10.2. The topological polar surface area (TPSA) is 67.3 Å². The number of benzene rings is 17. The normalized spacial score (nSPS) is 12.2. The molecule has 4 aromatic heterocycles. The Balaban J connectivity index is 1.11. The van der Waals surface area contributed by atoms with E-state index >= 15 is 0 Å².